The van der Waals surface area contributed by atoms with E-state index in [4.69, 9.17) is 4.74 Å². The summed E-state index contributed by atoms with van der Waals surface area (Å²) in [6.07, 6.45) is 1.75. The van der Waals surface area contributed by atoms with Crippen molar-refractivity contribution in [3.8, 4) is 39.4 Å². The van der Waals surface area contributed by atoms with Crippen LogP contribution in [0.25, 0.3) is 33.6 Å². The van der Waals surface area contributed by atoms with Gasteiger partial charge in [-0.1, -0.05) is 66.7 Å². The minimum atomic E-state index is 0.866. The molecule has 1 aromatic heterocycles. The zero-order chi connectivity index (χ0) is 17.1. The summed E-state index contributed by atoms with van der Waals surface area (Å²) in [6.45, 7) is 0. The first-order valence-electron chi connectivity index (χ1n) is 8.19. The highest BCUT2D eigenvalue weighted by molar-refractivity contribution is 5.79. The van der Waals surface area contributed by atoms with E-state index in [1.807, 2.05) is 30.3 Å². The van der Waals surface area contributed by atoms with Gasteiger partial charge in [0.05, 0.1) is 24.8 Å². The van der Waals surface area contributed by atoms with Gasteiger partial charge in [-0.3, -0.25) is 0 Å². The Kier molecular flexibility index (Phi) is 4.05. The molecule has 0 saturated heterocycles. The van der Waals surface area contributed by atoms with Gasteiger partial charge in [-0.25, -0.2) is 4.98 Å². The molecule has 25 heavy (non-hydrogen) atoms. The second-order valence-electron chi connectivity index (χ2n) is 5.80. The van der Waals surface area contributed by atoms with Crippen molar-refractivity contribution in [2.24, 2.45) is 0 Å². The van der Waals surface area contributed by atoms with Crippen molar-refractivity contribution in [3.63, 3.8) is 0 Å². The van der Waals surface area contributed by atoms with Crippen LogP contribution in [0.5, 0.6) is 5.75 Å². The number of ether oxygens (including phenoxy) is 1. The maximum atomic E-state index is 5.22. The van der Waals surface area contributed by atoms with Crippen LogP contribution >= 0.6 is 0 Å². The number of rotatable bonds is 4. The highest BCUT2D eigenvalue weighted by atomic mass is 16.5. The van der Waals surface area contributed by atoms with Crippen LogP contribution in [0.4, 0.5) is 0 Å². The summed E-state index contributed by atoms with van der Waals surface area (Å²) < 4.78 is 5.22. The molecule has 3 aromatic carbocycles. The molecule has 0 aliphatic carbocycles. The van der Waals surface area contributed by atoms with Crippen molar-refractivity contribution in [2.75, 3.05) is 7.11 Å². The van der Waals surface area contributed by atoms with Gasteiger partial charge in [-0.05, 0) is 23.3 Å². The van der Waals surface area contributed by atoms with E-state index in [2.05, 4.69) is 58.5 Å². The third-order valence-electron chi connectivity index (χ3n) is 4.28. The minimum absolute atomic E-state index is 0.866. The van der Waals surface area contributed by atoms with Crippen LogP contribution in [0.1, 0.15) is 0 Å². The second-order valence-corrected chi connectivity index (χ2v) is 5.80. The average Bonchev–Trinajstić information content (AvgIpc) is 3.19. The predicted octanol–water partition coefficient (Wildman–Crippen LogP) is 5.42. The number of methoxy groups -OCH3 is 1. The van der Waals surface area contributed by atoms with Crippen molar-refractivity contribution in [1.82, 2.24) is 9.97 Å². The maximum Gasteiger partial charge on any atom is 0.118 e. The Morgan fingerprint density at radius 3 is 1.92 bits per heavy atom. The number of benzene rings is 3. The maximum absolute atomic E-state index is 5.22. The first-order chi connectivity index (χ1) is 12.3. The Balaban J connectivity index is 1.66. The molecule has 4 aromatic rings. The van der Waals surface area contributed by atoms with Crippen LogP contribution in [0.15, 0.2) is 85.2 Å². The van der Waals surface area contributed by atoms with Gasteiger partial charge in [-0.15, -0.1) is 0 Å². The van der Waals surface area contributed by atoms with Gasteiger partial charge in [0, 0.05) is 11.1 Å². The summed E-state index contributed by atoms with van der Waals surface area (Å²) in [5.74, 6) is 0.866. The van der Waals surface area contributed by atoms with E-state index in [1.165, 1.54) is 11.1 Å². The molecule has 0 spiro atoms. The van der Waals surface area contributed by atoms with Crippen LogP contribution in [0, 0.1) is 0 Å². The number of nitrogens with zero attached hydrogens (tertiary/aromatic N) is 1. The molecule has 122 valence electrons. The molecule has 3 heteroatoms. The predicted molar refractivity (Wildman–Crippen MR) is 101 cm³/mol. The molecule has 1 heterocycles. The zero-order valence-electron chi connectivity index (χ0n) is 13.9. The highest BCUT2D eigenvalue weighted by Gasteiger charge is 2.10. The van der Waals surface area contributed by atoms with Gasteiger partial charge in [0.1, 0.15) is 5.75 Å². The Hall–Kier alpha value is -3.33. The molecular weight excluding hydrogens is 308 g/mol. The molecule has 0 aliphatic heterocycles. The fraction of sp³-hybridized carbons (Fsp3) is 0.0455. The normalized spacial score (nSPS) is 10.6. The van der Waals surface area contributed by atoms with Crippen molar-refractivity contribution in [3.05, 3.63) is 85.2 Å². The van der Waals surface area contributed by atoms with Crippen LogP contribution in [-0.2, 0) is 0 Å². The zero-order valence-corrected chi connectivity index (χ0v) is 13.9. The quantitative estimate of drug-likeness (QED) is 0.544. The number of imidazole rings is 1. The Morgan fingerprint density at radius 2 is 1.28 bits per heavy atom. The SMILES string of the molecule is COc1ccc(-c2ccc(-c3[nH]cnc3-c3ccccc3)cc2)cc1. The summed E-state index contributed by atoms with van der Waals surface area (Å²) >= 11 is 0. The molecule has 3 nitrogen and oxygen atoms in total. The number of hydrogen-bond acceptors (Lipinski definition) is 2. The van der Waals surface area contributed by atoms with Crippen molar-refractivity contribution in [1.29, 1.82) is 0 Å². The van der Waals surface area contributed by atoms with Crippen molar-refractivity contribution in [2.45, 2.75) is 0 Å². The molecule has 0 atom stereocenters. The molecule has 0 saturated carbocycles. The summed E-state index contributed by atoms with van der Waals surface area (Å²) in [5.41, 5.74) is 6.57. The molecule has 1 N–H and O–H groups in total. The van der Waals surface area contributed by atoms with Crippen molar-refractivity contribution >= 4 is 0 Å². The van der Waals surface area contributed by atoms with E-state index in [1.54, 1.807) is 13.4 Å². The van der Waals surface area contributed by atoms with Crippen LogP contribution in [0.2, 0.25) is 0 Å². The van der Waals surface area contributed by atoms with Gasteiger partial charge < -0.3 is 9.72 Å². The summed E-state index contributed by atoms with van der Waals surface area (Å²) in [6, 6.07) is 26.8. The Labute approximate surface area is 147 Å². The summed E-state index contributed by atoms with van der Waals surface area (Å²) in [5, 5.41) is 0. The lowest BCUT2D eigenvalue weighted by Gasteiger charge is -2.07. The molecule has 0 fully saturated rings. The van der Waals surface area contributed by atoms with Crippen molar-refractivity contribution < 1.29 is 4.74 Å². The van der Waals surface area contributed by atoms with Gasteiger partial charge >= 0.3 is 0 Å². The number of hydrogen-bond donors (Lipinski definition) is 1. The Bertz CT molecular complexity index is 955. The molecular formula is C22H18N2O. The van der Waals surface area contributed by atoms with Crippen LogP contribution < -0.4 is 4.74 Å². The lowest BCUT2D eigenvalue weighted by atomic mass is 10.0. The third-order valence-corrected chi connectivity index (χ3v) is 4.28. The largest absolute Gasteiger partial charge is 0.497 e. The molecule has 0 bridgehead atoms. The molecule has 0 unspecified atom stereocenters. The first-order valence-corrected chi connectivity index (χ1v) is 8.19. The fourth-order valence-electron chi connectivity index (χ4n) is 2.94. The average molecular weight is 326 g/mol. The van der Waals surface area contributed by atoms with Gasteiger partial charge in [-0.2, -0.15) is 0 Å². The van der Waals surface area contributed by atoms with E-state index in [0.29, 0.717) is 0 Å². The van der Waals surface area contributed by atoms with E-state index in [9.17, 15) is 0 Å². The molecule has 0 amide bonds. The monoisotopic (exact) mass is 326 g/mol. The Morgan fingerprint density at radius 1 is 0.680 bits per heavy atom. The van der Waals surface area contributed by atoms with Crippen LogP contribution in [0.3, 0.4) is 0 Å². The second kappa shape index (κ2) is 6.65. The smallest absolute Gasteiger partial charge is 0.118 e. The molecule has 4 rings (SSSR count). The lowest BCUT2D eigenvalue weighted by Crippen LogP contribution is -1.85. The first kappa shape index (κ1) is 15.2. The van der Waals surface area contributed by atoms with Gasteiger partial charge in [0.15, 0.2) is 0 Å². The molecule has 0 radical (unpaired) electrons. The number of H-pyrrole nitrogens is 1. The van der Waals surface area contributed by atoms with E-state index < -0.39 is 0 Å². The fourth-order valence-corrected chi connectivity index (χ4v) is 2.94. The topological polar surface area (TPSA) is 37.9 Å². The number of aromatic amines is 1. The van der Waals surface area contributed by atoms with Gasteiger partial charge in [0.2, 0.25) is 0 Å². The number of nitrogens with one attached hydrogen (secondary N) is 1. The third kappa shape index (κ3) is 3.04. The number of aromatic nitrogens is 2. The van der Waals surface area contributed by atoms with E-state index in [0.717, 1.165) is 28.3 Å². The van der Waals surface area contributed by atoms with Crippen LogP contribution in [-0.4, -0.2) is 17.1 Å². The van der Waals surface area contributed by atoms with Gasteiger partial charge in [0.25, 0.3) is 0 Å². The van der Waals surface area contributed by atoms with E-state index >= 15 is 0 Å². The highest BCUT2D eigenvalue weighted by Crippen LogP contribution is 2.30. The molecule has 0 aliphatic rings. The summed E-state index contributed by atoms with van der Waals surface area (Å²) in [4.78, 5) is 7.76. The standard InChI is InChI=1S/C22H18N2O/c1-25-20-13-11-17(12-14-20)16-7-9-19(10-8-16)22-21(23-15-24-22)18-5-3-2-4-6-18/h2-15H,1H3,(H,23,24). The minimum Gasteiger partial charge on any atom is -0.497 e. The van der Waals surface area contributed by atoms with E-state index in [-0.39, 0.29) is 0 Å². The summed E-state index contributed by atoms with van der Waals surface area (Å²) in [7, 11) is 1.68. The lowest BCUT2D eigenvalue weighted by molar-refractivity contribution is 0.415.